The van der Waals surface area contributed by atoms with Crippen molar-refractivity contribution in [3.05, 3.63) is 107 Å². The van der Waals surface area contributed by atoms with E-state index in [-0.39, 0.29) is 34.6 Å². The van der Waals surface area contributed by atoms with Gasteiger partial charge in [0.25, 0.3) is 11.8 Å². The van der Waals surface area contributed by atoms with Gasteiger partial charge in [0.05, 0.1) is 28.6 Å². The summed E-state index contributed by atoms with van der Waals surface area (Å²) in [6.45, 7) is 2.64. The molecule has 1 atom stereocenters. The van der Waals surface area contributed by atoms with Crippen molar-refractivity contribution in [3.8, 4) is 17.6 Å². The maximum absolute atomic E-state index is 13.3. The van der Waals surface area contributed by atoms with E-state index in [0.29, 0.717) is 47.6 Å². The van der Waals surface area contributed by atoms with E-state index in [1.165, 1.54) is 24.7 Å². The molecule has 1 unspecified atom stereocenters. The van der Waals surface area contributed by atoms with Crippen molar-refractivity contribution < 1.29 is 29.0 Å². The van der Waals surface area contributed by atoms with E-state index in [2.05, 4.69) is 26.5 Å². The SMILES string of the molecule is Cc1ccoc1C(=O)Nc1cccc(C#Cc2cncc(C(=O)N=S(CC(=O)N3CCC(O)CC3)c3ccccc3O)c2)c1. The predicted molar refractivity (Wildman–Crippen MR) is 165 cm³/mol. The third-order valence-electron chi connectivity index (χ3n) is 6.91. The van der Waals surface area contributed by atoms with Gasteiger partial charge >= 0.3 is 0 Å². The highest BCUT2D eigenvalue weighted by Crippen LogP contribution is 2.23. The molecule has 3 heterocycles. The summed E-state index contributed by atoms with van der Waals surface area (Å²) in [6.07, 6.45) is 4.92. The molecule has 1 aliphatic heterocycles. The number of pyridine rings is 1. The van der Waals surface area contributed by atoms with Gasteiger partial charge in [-0.2, -0.15) is 4.36 Å². The molecule has 224 valence electrons. The number of aromatic hydroxyl groups is 1. The zero-order chi connectivity index (χ0) is 31.1. The molecule has 1 saturated heterocycles. The van der Waals surface area contributed by atoms with Crippen LogP contribution in [-0.4, -0.2) is 62.8 Å². The van der Waals surface area contributed by atoms with Crippen molar-refractivity contribution in [2.24, 2.45) is 4.36 Å². The summed E-state index contributed by atoms with van der Waals surface area (Å²) >= 11 is 0. The first-order chi connectivity index (χ1) is 21.3. The minimum Gasteiger partial charge on any atom is -0.507 e. The van der Waals surface area contributed by atoms with Gasteiger partial charge in [0, 0.05) is 47.9 Å². The Labute approximate surface area is 256 Å². The van der Waals surface area contributed by atoms with Crippen molar-refractivity contribution in [1.82, 2.24) is 9.88 Å². The summed E-state index contributed by atoms with van der Waals surface area (Å²) in [5, 5.41) is 23.1. The summed E-state index contributed by atoms with van der Waals surface area (Å²) in [6, 6.07) is 16.8. The topological polar surface area (TPSA) is 145 Å². The molecular weight excluding hydrogens is 580 g/mol. The Bertz CT molecular complexity index is 1800. The number of likely N-dealkylation sites (tertiary alicyclic amines) is 1. The van der Waals surface area contributed by atoms with Crippen LogP contribution in [-0.2, 0) is 15.5 Å². The number of carbonyl (C=O) groups excluding carboxylic acids is 3. The number of aliphatic hydroxyl groups is 1. The number of rotatable bonds is 6. The number of anilines is 1. The van der Waals surface area contributed by atoms with Crippen molar-refractivity contribution >= 4 is 34.1 Å². The number of phenols is 1. The third kappa shape index (κ3) is 7.66. The molecule has 1 aliphatic rings. The lowest BCUT2D eigenvalue weighted by Gasteiger charge is -2.29. The minimum atomic E-state index is -1.26. The number of aromatic nitrogens is 1. The Hall–Kier alpha value is -5.05. The first-order valence-corrected chi connectivity index (χ1v) is 15.3. The number of furan rings is 1. The Morgan fingerprint density at radius 3 is 2.57 bits per heavy atom. The Morgan fingerprint density at radius 1 is 1.05 bits per heavy atom. The molecule has 4 aromatic rings. The first kappa shape index (κ1) is 30.4. The molecule has 1 fully saturated rings. The summed E-state index contributed by atoms with van der Waals surface area (Å²) in [5.74, 6) is 4.96. The van der Waals surface area contributed by atoms with Gasteiger partial charge in [-0.15, -0.1) is 0 Å². The number of nitrogens with zero attached hydrogens (tertiary/aromatic N) is 3. The van der Waals surface area contributed by atoms with Gasteiger partial charge in [-0.3, -0.25) is 19.4 Å². The lowest BCUT2D eigenvalue weighted by molar-refractivity contribution is -0.130. The summed E-state index contributed by atoms with van der Waals surface area (Å²) in [5.41, 5.74) is 2.56. The van der Waals surface area contributed by atoms with Crippen LogP contribution in [0.25, 0.3) is 0 Å². The number of nitrogens with one attached hydrogen (secondary N) is 1. The number of amides is 3. The van der Waals surface area contributed by atoms with Crippen molar-refractivity contribution in [3.63, 3.8) is 0 Å². The number of hydrogen-bond acceptors (Lipinski definition) is 7. The van der Waals surface area contributed by atoms with Gasteiger partial charge in [0.15, 0.2) is 5.76 Å². The molecule has 0 saturated carbocycles. The maximum atomic E-state index is 13.3. The van der Waals surface area contributed by atoms with Crippen LogP contribution in [0, 0.1) is 18.8 Å². The fourth-order valence-corrected chi connectivity index (χ4v) is 6.11. The average Bonchev–Trinajstić information content (AvgIpc) is 3.46. The quantitative estimate of drug-likeness (QED) is 0.276. The van der Waals surface area contributed by atoms with E-state index in [1.54, 1.807) is 66.4 Å². The molecule has 0 spiro atoms. The number of para-hydroxylation sites is 1. The van der Waals surface area contributed by atoms with E-state index in [4.69, 9.17) is 4.42 Å². The molecular formula is C33H30N4O6S. The normalized spacial score (nSPS) is 14.0. The molecule has 2 aromatic heterocycles. The van der Waals surface area contributed by atoms with Gasteiger partial charge in [0.2, 0.25) is 5.91 Å². The molecule has 11 heteroatoms. The standard InChI is InChI=1S/C33H30N4O6S/c1-22-13-16-43-31(22)33(42)35-26-6-4-5-23(18-26)9-10-24-17-25(20-34-19-24)32(41)36-44(29-8-3-2-7-28(29)39)21-30(40)37-14-11-27(38)12-15-37/h2-8,13,16-20,27,38-39H,11-12,14-15,21H2,1H3,(H,35,42). The molecule has 3 N–H and O–H groups in total. The molecule has 2 aromatic carbocycles. The Kier molecular flexibility index (Phi) is 9.64. The molecule has 3 amide bonds. The lowest BCUT2D eigenvalue weighted by atomic mass is 10.1. The number of aliphatic hydroxyl groups excluding tert-OH is 1. The summed E-state index contributed by atoms with van der Waals surface area (Å²) in [7, 11) is -1.26. The molecule has 10 nitrogen and oxygen atoms in total. The van der Waals surface area contributed by atoms with Crippen LogP contribution in [0.1, 0.15) is 50.4 Å². The largest absolute Gasteiger partial charge is 0.507 e. The highest BCUT2D eigenvalue weighted by Gasteiger charge is 2.24. The van der Waals surface area contributed by atoms with Crippen LogP contribution < -0.4 is 5.32 Å². The average molecular weight is 611 g/mol. The third-order valence-corrected chi connectivity index (χ3v) is 8.67. The second-order valence-corrected chi connectivity index (χ2v) is 11.8. The van der Waals surface area contributed by atoms with Crippen LogP contribution in [0.4, 0.5) is 5.69 Å². The number of carbonyl (C=O) groups is 3. The van der Waals surface area contributed by atoms with E-state index in [1.807, 2.05) is 0 Å². The number of hydrogen-bond donors (Lipinski definition) is 3. The van der Waals surface area contributed by atoms with Crippen molar-refractivity contribution in [2.75, 3.05) is 24.2 Å². The lowest BCUT2D eigenvalue weighted by Crippen LogP contribution is -2.42. The monoisotopic (exact) mass is 610 g/mol. The van der Waals surface area contributed by atoms with E-state index in [9.17, 15) is 24.6 Å². The first-order valence-electron chi connectivity index (χ1n) is 13.9. The van der Waals surface area contributed by atoms with E-state index in [0.717, 1.165) is 5.56 Å². The fraction of sp³-hybridized carbons (Fsp3) is 0.212. The molecule has 5 rings (SSSR count). The summed E-state index contributed by atoms with van der Waals surface area (Å²) < 4.78 is 9.60. The fourth-order valence-electron chi connectivity index (χ4n) is 4.53. The predicted octanol–water partition coefficient (Wildman–Crippen LogP) is 4.33. The second kappa shape index (κ2) is 13.9. The van der Waals surface area contributed by atoms with Gasteiger partial charge in [0.1, 0.15) is 5.75 Å². The smallest absolute Gasteiger partial charge is 0.291 e. The Balaban J connectivity index is 1.34. The number of piperidine rings is 1. The van der Waals surface area contributed by atoms with Crippen LogP contribution in [0.15, 0.2) is 93.0 Å². The minimum absolute atomic E-state index is 0.0512. The molecule has 0 aliphatic carbocycles. The molecule has 44 heavy (non-hydrogen) atoms. The van der Waals surface area contributed by atoms with Gasteiger partial charge in [-0.1, -0.05) is 30.0 Å². The van der Waals surface area contributed by atoms with Crippen LogP contribution in [0.3, 0.4) is 0 Å². The van der Waals surface area contributed by atoms with Crippen LogP contribution in [0.2, 0.25) is 0 Å². The van der Waals surface area contributed by atoms with E-state index >= 15 is 0 Å². The van der Waals surface area contributed by atoms with Gasteiger partial charge < -0.3 is 24.8 Å². The number of phenolic OH excluding ortho intramolecular Hbond substituents is 1. The van der Waals surface area contributed by atoms with Crippen molar-refractivity contribution in [1.29, 1.82) is 0 Å². The highest BCUT2D eigenvalue weighted by atomic mass is 32.2. The van der Waals surface area contributed by atoms with Gasteiger partial charge in [-0.05, 0) is 72.9 Å². The second-order valence-electron chi connectivity index (χ2n) is 10.2. The molecule has 0 bridgehead atoms. The van der Waals surface area contributed by atoms with E-state index < -0.39 is 22.7 Å². The zero-order valence-corrected chi connectivity index (χ0v) is 24.7. The maximum Gasteiger partial charge on any atom is 0.291 e. The van der Waals surface area contributed by atoms with Crippen LogP contribution >= 0.6 is 0 Å². The number of benzene rings is 2. The van der Waals surface area contributed by atoms with Crippen molar-refractivity contribution in [2.45, 2.75) is 30.8 Å². The molecule has 0 radical (unpaired) electrons. The van der Waals surface area contributed by atoms with Crippen LogP contribution in [0.5, 0.6) is 5.75 Å². The number of aryl methyl sites for hydroxylation is 1. The summed E-state index contributed by atoms with van der Waals surface area (Å²) in [4.78, 5) is 45.1. The van der Waals surface area contributed by atoms with Gasteiger partial charge in [-0.25, -0.2) is 0 Å². The Morgan fingerprint density at radius 2 is 1.82 bits per heavy atom. The highest BCUT2D eigenvalue weighted by molar-refractivity contribution is 7.88. The zero-order valence-electron chi connectivity index (χ0n) is 23.9.